The van der Waals surface area contributed by atoms with E-state index >= 15 is 0 Å². The highest BCUT2D eigenvalue weighted by Crippen LogP contribution is 2.21. The molecule has 4 heteroatoms. The summed E-state index contributed by atoms with van der Waals surface area (Å²) in [5.74, 6) is -0.878. The Balaban J connectivity index is 1.87. The number of hydrogen-bond acceptors (Lipinski definition) is 3. The average molecular weight is 249 g/mol. The van der Waals surface area contributed by atoms with Crippen molar-refractivity contribution in [3.05, 3.63) is 35.4 Å². The molecule has 1 fully saturated rings. The molecule has 1 aromatic carbocycles. The summed E-state index contributed by atoms with van der Waals surface area (Å²) >= 11 is 0. The standard InChI is InChI=1S/C14H19NO3/c1-18-13-6-5-12(8-13)15-9-10-3-2-4-11(7-10)14(16)17/h2-4,7,12-13,15H,5-6,8-9H2,1H3,(H,16,17). The number of methoxy groups -OCH3 is 1. The maximum Gasteiger partial charge on any atom is 0.335 e. The van der Waals surface area contributed by atoms with Gasteiger partial charge in [-0.2, -0.15) is 0 Å². The van der Waals surface area contributed by atoms with Crippen LogP contribution in [0.5, 0.6) is 0 Å². The van der Waals surface area contributed by atoms with Crippen LogP contribution in [0, 0.1) is 0 Å². The highest BCUT2D eigenvalue weighted by molar-refractivity contribution is 5.87. The lowest BCUT2D eigenvalue weighted by molar-refractivity contribution is 0.0696. The topological polar surface area (TPSA) is 58.6 Å². The van der Waals surface area contributed by atoms with Crippen LogP contribution in [0.1, 0.15) is 35.2 Å². The third-order valence-corrected chi connectivity index (χ3v) is 3.49. The number of carboxylic acid groups (broad SMARTS) is 1. The Kier molecular flexibility index (Phi) is 4.33. The van der Waals surface area contributed by atoms with E-state index in [1.807, 2.05) is 6.07 Å². The zero-order valence-corrected chi connectivity index (χ0v) is 10.6. The van der Waals surface area contributed by atoms with Crippen molar-refractivity contribution in [2.45, 2.75) is 38.0 Å². The predicted octanol–water partition coefficient (Wildman–Crippen LogP) is 2.04. The van der Waals surface area contributed by atoms with Crippen molar-refractivity contribution in [2.75, 3.05) is 7.11 Å². The van der Waals surface area contributed by atoms with Crippen LogP contribution >= 0.6 is 0 Å². The number of carbonyl (C=O) groups is 1. The number of nitrogens with one attached hydrogen (secondary N) is 1. The number of aromatic carboxylic acids is 1. The largest absolute Gasteiger partial charge is 0.478 e. The Hall–Kier alpha value is -1.39. The third kappa shape index (κ3) is 3.31. The Morgan fingerprint density at radius 3 is 3.00 bits per heavy atom. The molecule has 2 rings (SSSR count). The lowest BCUT2D eigenvalue weighted by Crippen LogP contribution is -2.26. The summed E-state index contributed by atoms with van der Waals surface area (Å²) in [5.41, 5.74) is 1.35. The third-order valence-electron chi connectivity index (χ3n) is 3.49. The molecular formula is C14H19NO3. The minimum atomic E-state index is -0.878. The fraction of sp³-hybridized carbons (Fsp3) is 0.500. The van der Waals surface area contributed by atoms with Crippen LogP contribution in [0.3, 0.4) is 0 Å². The van der Waals surface area contributed by atoms with Gasteiger partial charge < -0.3 is 15.2 Å². The molecule has 1 aliphatic carbocycles. The summed E-state index contributed by atoms with van der Waals surface area (Å²) in [5, 5.41) is 12.4. The van der Waals surface area contributed by atoms with E-state index in [9.17, 15) is 4.79 Å². The zero-order valence-electron chi connectivity index (χ0n) is 10.6. The molecule has 4 nitrogen and oxygen atoms in total. The second-order valence-corrected chi connectivity index (χ2v) is 4.75. The van der Waals surface area contributed by atoms with Crippen molar-refractivity contribution in [2.24, 2.45) is 0 Å². The predicted molar refractivity (Wildman–Crippen MR) is 68.7 cm³/mol. The van der Waals surface area contributed by atoms with Crippen molar-refractivity contribution in [1.82, 2.24) is 5.32 Å². The van der Waals surface area contributed by atoms with Gasteiger partial charge in [0.15, 0.2) is 0 Å². The summed E-state index contributed by atoms with van der Waals surface area (Å²) < 4.78 is 5.33. The minimum Gasteiger partial charge on any atom is -0.478 e. The van der Waals surface area contributed by atoms with Gasteiger partial charge in [-0.15, -0.1) is 0 Å². The molecule has 1 aliphatic rings. The molecule has 98 valence electrons. The SMILES string of the molecule is COC1CCC(NCc2cccc(C(=O)O)c2)C1. The van der Waals surface area contributed by atoms with Gasteiger partial charge in [-0.05, 0) is 37.0 Å². The molecule has 18 heavy (non-hydrogen) atoms. The molecule has 2 N–H and O–H groups in total. The number of carboxylic acids is 1. The van der Waals surface area contributed by atoms with Crippen molar-refractivity contribution in [3.63, 3.8) is 0 Å². The maximum absolute atomic E-state index is 10.9. The summed E-state index contributed by atoms with van der Waals surface area (Å²) in [4.78, 5) is 10.9. The van der Waals surface area contributed by atoms with Crippen LogP contribution in [0.15, 0.2) is 24.3 Å². The Bertz CT molecular complexity index is 419. The molecule has 1 aromatic rings. The second kappa shape index (κ2) is 5.98. The Morgan fingerprint density at radius 2 is 2.33 bits per heavy atom. The Morgan fingerprint density at radius 1 is 1.50 bits per heavy atom. The van der Waals surface area contributed by atoms with Gasteiger partial charge in [0.2, 0.25) is 0 Å². The van der Waals surface area contributed by atoms with Crippen molar-refractivity contribution in [1.29, 1.82) is 0 Å². The minimum absolute atomic E-state index is 0.343. The molecule has 0 saturated heterocycles. The maximum atomic E-state index is 10.9. The fourth-order valence-electron chi connectivity index (χ4n) is 2.42. The van der Waals surface area contributed by atoms with E-state index in [0.717, 1.165) is 24.8 Å². The normalized spacial score (nSPS) is 23.2. The van der Waals surface area contributed by atoms with Crippen molar-refractivity contribution >= 4 is 5.97 Å². The van der Waals surface area contributed by atoms with Crippen LogP contribution in [0.25, 0.3) is 0 Å². The first kappa shape index (κ1) is 13.1. The van der Waals surface area contributed by atoms with Crippen LogP contribution in [-0.2, 0) is 11.3 Å². The smallest absolute Gasteiger partial charge is 0.335 e. The highest BCUT2D eigenvalue weighted by atomic mass is 16.5. The first-order valence-corrected chi connectivity index (χ1v) is 6.27. The molecule has 0 amide bonds. The first-order valence-electron chi connectivity index (χ1n) is 6.27. The summed E-state index contributed by atoms with van der Waals surface area (Å²) in [6, 6.07) is 7.54. The van der Waals surface area contributed by atoms with Crippen LogP contribution in [0.2, 0.25) is 0 Å². The fourth-order valence-corrected chi connectivity index (χ4v) is 2.42. The molecule has 2 atom stereocenters. The van der Waals surface area contributed by atoms with Crippen molar-refractivity contribution < 1.29 is 14.6 Å². The summed E-state index contributed by atoms with van der Waals surface area (Å²) in [7, 11) is 1.75. The van der Waals surface area contributed by atoms with E-state index in [-0.39, 0.29) is 0 Å². The second-order valence-electron chi connectivity index (χ2n) is 4.75. The molecule has 0 bridgehead atoms. The number of ether oxygens (including phenoxy) is 1. The van der Waals surface area contributed by atoms with Gasteiger partial charge in [0.1, 0.15) is 0 Å². The van der Waals surface area contributed by atoms with Gasteiger partial charge in [0, 0.05) is 19.7 Å². The number of benzene rings is 1. The Labute approximate surface area is 107 Å². The summed E-state index contributed by atoms with van der Waals surface area (Å²) in [6.07, 6.45) is 3.63. The monoisotopic (exact) mass is 249 g/mol. The molecule has 0 radical (unpaired) electrons. The lowest BCUT2D eigenvalue weighted by Gasteiger charge is -2.13. The average Bonchev–Trinajstić information content (AvgIpc) is 2.84. The molecule has 2 unspecified atom stereocenters. The summed E-state index contributed by atoms with van der Waals surface area (Å²) in [6.45, 7) is 0.711. The van der Waals surface area contributed by atoms with E-state index in [0.29, 0.717) is 24.3 Å². The van der Waals surface area contributed by atoms with E-state index < -0.39 is 5.97 Å². The van der Waals surface area contributed by atoms with Crippen LogP contribution in [-0.4, -0.2) is 30.3 Å². The van der Waals surface area contributed by atoms with Gasteiger partial charge >= 0.3 is 5.97 Å². The quantitative estimate of drug-likeness (QED) is 0.838. The molecule has 0 heterocycles. The van der Waals surface area contributed by atoms with Gasteiger partial charge in [-0.25, -0.2) is 4.79 Å². The number of hydrogen-bond donors (Lipinski definition) is 2. The molecular weight excluding hydrogens is 230 g/mol. The van der Waals surface area contributed by atoms with E-state index in [2.05, 4.69) is 5.32 Å². The van der Waals surface area contributed by atoms with Gasteiger partial charge in [0.25, 0.3) is 0 Å². The molecule has 0 aliphatic heterocycles. The first-order chi connectivity index (χ1) is 8.69. The molecule has 0 aromatic heterocycles. The number of rotatable bonds is 5. The lowest BCUT2D eigenvalue weighted by atomic mass is 10.1. The van der Waals surface area contributed by atoms with Crippen LogP contribution < -0.4 is 5.32 Å². The van der Waals surface area contributed by atoms with Gasteiger partial charge in [-0.1, -0.05) is 12.1 Å². The van der Waals surface area contributed by atoms with E-state index in [1.165, 1.54) is 0 Å². The van der Waals surface area contributed by atoms with Crippen LogP contribution in [0.4, 0.5) is 0 Å². The van der Waals surface area contributed by atoms with E-state index in [4.69, 9.17) is 9.84 Å². The van der Waals surface area contributed by atoms with Crippen molar-refractivity contribution in [3.8, 4) is 0 Å². The van der Waals surface area contributed by atoms with Gasteiger partial charge in [-0.3, -0.25) is 0 Å². The zero-order chi connectivity index (χ0) is 13.0. The van der Waals surface area contributed by atoms with Gasteiger partial charge in [0.05, 0.1) is 11.7 Å². The molecule has 0 spiro atoms. The molecule has 1 saturated carbocycles. The highest BCUT2D eigenvalue weighted by Gasteiger charge is 2.23. The van der Waals surface area contributed by atoms with E-state index in [1.54, 1.807) is 25.3 Å².